The second-order valence-electron chi connectivity index (χ2n) is 8.92. The van der Waals surface area contributed by atoms with E-state index < -0.39 is 29.6 Å². The third kappa shape index (κ3) is 5.13. The predicted octanol–water partition coefficient (Wildman–Crippen LogP) is 0.930. The van der Waals surface area contributed by atoms with Gasteiger partial charge in [-0.15, -0.1) is 5.10 Å². The Bertz CT molecular complexity index is 969. The van der Waals surface area contributed by atoms with E-state index in [-0.39, 0.29) is 37.1 Å². The number of carbonyl (C=O) groups excluding carboxylic acids is 3. The van der Waals surface area contributed by atoms with Gasteiger partial charge in [0.05, 0.1) is 12.3 Å². The largest absolute Gasteiger partial charge is 0.456 e. The molecule has 0 bridgehead atoms. The first-order valence-corrected chi connectivity index (χ1v) is 10.4. The molecule has 1 aliphatic heterocycles. The molecule has 1 aromatic heterocycles. The van der Waals surface area contributed by atoms with E-state index in [2.05, 4.69) is 15.6 Å². The topological polar surface area (TPSA) is 127 Å². The van der Waals surface area contributed by atoms with Crippen molar-refractivity contribution in [2.24, 2.45) is 5.41 Å². The highest BCUT2D eigenvalue weighted by Crippen LogP contribution is 2.34. The molecule has 1 aliphatic rings. The van der Waals surface area contributed by atoms with Crippen LogP contribution in [-0.2, 0) is 20.9 Å². The third-order valence-corrected chi connectivity index (χ3v) is 5.36. The van der Waals surface area contributed by atoms with E-state index in [4.69, 9.17) is 4.74 Å². The molecule has 2 aromatic rings. The molecule has 2 heterocycles. The molecule has 2 amide bonds. The maximum absolute atomic E-state index is 13.5. The Labute approximate surface area is 186 Å². The highest BCUT2D eigenvalue weighted by molar-refractivity contribution is 5.90. The van der Waals surface area contributed by atoms with E-state index in [1.54, 1.807) is 0 Å². The van der Waals surface area contributed by atoms with Crippen molar-refractivity contribution in [2.45, 2.75) is 52.0 Å². The average Bonchev–Trinajstić information content (AvgIpc) is 3.38. The Morgan fingerprint density at radius 1 is 1.25 bits per heavy atom. The van der Waals surface area contributed by atoms with Gasteiger partial charge in [-0.3, -0.25) is 9.59 Å². The molecule has 0 saturated carbocycles. The highest BCUT2D eigenvalue weighted by Gasteiger charge is 2.45. The van der Waals surface area contributed by atoms with Crippen molar-refractivity contribution < 1.29 is 24.2 Å². The fourth-order valence-corrected chi connectivity index (χ4v) is 3.80. The Hall–Kier alpha value is -3.27. The molecule has 2 N–H and O–H groups in total. The van der Waals surface area contributed by atoms with Gasteiger partial charge < -0.3 is 20.1 Å². The van der Waals surface area contributed by atoms with Gasteiger partial charge in [0.2, 0.25) is 11.8 Å². The normalized spacial score (nSPS) is 19.5. The molecule has 10 heteroatoms. The minimum Gasteiger partial charge on any atom is -0.456 e. The van der Waals surface area contributed by atoms with E-state index >= 15 is 0 Å². The number of benzene rings is 1. The first kappa shape index (κ1) is 23.4. The highest BCUT2D eigenvalue weighted by atomic mass is 16.5. The van der Waals surface area contributed by atoms with Gasteiger partial charge in [-0.05, 0) is 11.0 Å². The van der Waals surface area contributed by atoms with Crippen molar-refractivity contribution in [1.29, 1.82) is 0 Å². The summed E-state index contributed by atoms with van der Waals surface area (Å²) in [7, 11) is 1.49. The molecule has 0 radical (unpaired) electrons. The summed E-state index contributed by atoms with van der Waals surface area (Å²) in [4.78, 5) is 39.5. The lowest BCUT2D eigenvalue weighted by atomic mass is 9.85. The molecule has 3 rings (SSSR count). The van der Waals surface area contributed by atoms with Crippen molar-refractivity contribution in [2.75, 3.05) is 13.6 Å². The summed E-state index contributed by atoms with van der Waals surface area (Å²) in [6.07, 6.45) is 0.750. The van der Waals surface area contributed by atoms with Crippen molar-refractivity contribution in [3.8, 4) is 0 Å². The Balaban J connectivity index is 1.80. The number of esters is 1. The number of amides is 2. The molecular weight excluding hydrogens is 414 g/mol. The van der Waals surface area contributed by atoms with Crippen LogP contribution in [-0.4, -0.2) is 68.5 Å². The molecule has 0 spiro atoms. The Morgan fingerprint density at radius 2 is 1.94 bits per heavy atom. The maximum Gasteiger partial charge on any atom is 0.360 e. The molecule has 3 atom stereocenters. The number of β-amino-alcohol motifs (C(OH)–C–C–N with tert-alkyl or cyclic N) is 1. The van der Waals surface area contributed by atoms with Crippen LogP contribution < -0.4 is 5.32 Å². The zero-order valence-electron chi connectivity index (χ0n) is 18.7. The van der Waals surface area contributed by atoms with Gasteiger partial charge in [0.15, 0.2) is 5.69 Å². The number of hydrogen-bond donors (Lipinski definition) is 2. The molecule has 1 fully saturated rings. The number of hydrogen-bond acceptors (Lipinski definition) is 7. The molecule has 1 saturated heterocycles. The molecular formula is C22H29N5O5. The first-order valence-electron chi connectivity index (χ1n) is 10.4. The van der Waals surface area contributed by atoms with Crippen LogP contribution in [0.25, 0.3) is 0 Å². The van der Waals surface area contributed by atoms with E-state index in [1.165, 1.54) is 22.8 Å². The SMILES string of the molecule is CNC(=O)C1CC(O)CN1C(=O)C(n1cc(C(=O)OCc2ccccc2)nn1)C(C)(C)C. The van der Waals surface area contributed by atoms with Crippen LogP contribution in [0.15, 0.2) is 36.5 Å². The standard InChI is InChI=1S/C22H29N5O5/c1-22(2,3)18(20(30)26-11-15(28)10-17(26)19(29)23-4)27-12-16(24-25-27)21(31)32-13-14-8-6-5-7-9-14/h5-9,12,15,17-18,28H,10-11,13H2,1-4H3,(H,23,29). The van der Waals surface area contributed by atoms with E-state index in [9.17, 15) is 19.5 Å². The number of carbonyl (C=O) groups is 3. The zero-order chi connectivity index (χ0) is 23.5. The van der Waals surface area contributed by atoms with Crippen LogP contribution in [0.3, 0.4) is 0 Å². The van der Waals surface area contributed by atoms with Crippen molar-refractivity contribution in [3.63, 3.8) is 0 Å². The lowest BCUT2D eigenvalue weighted by Gasteiger charge is -2.34. The molecule has 1 aromatic carbocycles. The quantitative estimate of drug-likeness (QED) is 0.636. The maximum atomic E-state index is 13.5. The Kier molecular flexibility index (Phi) is 6.93. The molecule has 3 unspecified atom stereocenters. The van der Waals surface area contributed by atoms with Gasteiger partial charge in [-0.1, -0.05) is 56.3 Å². The summed E-state index contributed by atoms with van der Waals surface area (Å²) in [5.41, 5.74) is 0.202. The van der Waals surface area contributed by atoms with Crippen LogP contribution in [0, 0.1) is 5.41 Å². The lowest BCUT2D eigenvalue weighted by Crippen LogP contribution is -2.49. The smallest absolute Gasteiger partial charge is 0.360 e. The minimum absolute atomic E-state index is 0.0210. The van der Waals surface area contributed by atoms with Gasteiger partial charge in [-0.25, -0.2) is 9.48 Å². The number of rotatable bonds is 6. The van der Waals surface area contributed by atoms with E-state index in [0.717, 1.165) is 5.56 Å². The van der Waals surface area contributed by atoms with Crippen LogP contribution in [0.5, 0.6) is 0 Å². The van der Waals surface area contributed by atoms with Crippen LogP contribution in [0.2, 0.25) is 0 Å². The number of aliphatic hydroxyl groups is 1. The summed E-state index contributed by atoms with van der Waals surface area (Å²) < 4.78 is 6.62. The van der Waals surface area contributed by atoms with Crippen molar-refractivity contribution in [3.05, 3.63) is 47.8 Å². The minimum atomic E-state index is -0.844. The summed E-state index contributed by atoms with van der Waals surface area (Å²) >= 11 is 0. The number of aliphatic hydroxyl groups excluding tert-OH is 1. The fourth-order valence-electron chi connectivity index (χ4n) is 3.80. The van der Waals surface area contributed by atoms with E-state index in [0.29, 0.717) is 0 Å². The second kappa shape index (κ2) is 9.47. The summed E-state index contributed by atoms with van der Waals surface area (Å²) in [6, 6.07) is 7.63. The number of ether oxygens (including phenoxy) is 1. The van der Waals surface area contributed by atoms with Gasteiger partial charge in [-0.2, -0.15) is 0 Å². The number of likely N-dealkylation sites (N-methyl/N-ethyl adjacent to an activating group) is 1. The summed E-state index contributed by atoms with van der Waals surface area (Å²) in [6.45, 7) is 5.70. The molecule has 0 aliphatic carbocycles. The Morgan fingerprint density at radius 3 is 2.56 bits per heavy atom. The fraction of sp³-hybridized carbons (Fsp3) is 0.500. The van der Waals surface area contributed by atoms with Gasteiger partial charge >= 0.3 is 5.97 Å². The van der Waals surface area contributed by atoms with Crippen molar-refractivity contribution >= 4 is 17.8 Å². The number of likely N-dealkylation sites (tertiary alicyclic amines) is 1. The van der Waals surface area contributed by atoms with E-state index in [1.807, 2.05) is 51.1 Å². The van der Waals surface area contributed by atoms with Gasteiger partial charge in [0.25, 0.3) is 0 Å². The van der Waals surface area contributed by atoms with Crippen LogP contribution >= 0.6 is 0 Å². The zero-order valence-corrected chi connectivity index (χ0v) is 18.7. The van der Waals surface area contributed by atoms with Gasteiger partial charge in [0.1, 0.15) is 18.7 Å². The molecule has 10 nitrogen and oxygen atoms in total. The van der Waals surface area contributed by atoms with Gasteiger partial charge in [0, 0.05) is 20.0 Å². The molecule has 172 valence electrons. The summed E-state index contributed by atoms with van der Waals surface area (Å²) in [5.74, 6) is -1.37. The monoisotopic (exact) mass is 443 g/mol. The number of aromatic nitrogens is 3. The number of nitrogens with zero attached hydrogens (tertiary/aromatic N) is 4. The predicted molar refractivity (Wildman–Crippen MR) is 114 cm³/mol. The first-order chi connectivity index (χ1) is 15.1. The van der Waals surface area contributed by atoms with Crippen LogP contribution in [0.4, 0.5) is 0 Å². The third-order valence-electron chi connectivity index (χ3n) is 5.36. The lowest BCUT2D eigenvalue weighted by molar-refractivity contribution is -0.144. The van der Waals surface area contributed by atoms with Crippen LogP contribution in [0.1, 0.15) is 49.3 Å². The average molecular weight is 444 g/mol. The molecule has 32 heavy (non-hydrogen) atoms. The number of nitrogens with one attached hydrogen (secondary N) is 1. The van der Waals surface area contributed by atoms with Crippen molar-refractivity contribution in [1.82, 2.24) is 25.2 Å². The second-order valence-corrected chi connectivity index (χ2v) is 8.92. The summed E-state index contributed by atoms with van der Waals surface area (Å²) in [5, 5.41) is 20.5.